The number of benzene rings is 1. The number of aromatic nitrogens is 3. The zero-order valence-electron chi connectivity index (χ0n) is 14.7. The van der Waals surface area contributed by atoms with Crippen LogP contribution in [0, 0.1) is 0 Å². The van der Waals surface area contributed by atoms with Gasteiger partial charge in [-0.05, 0) is 36.5 Å². The molecule has 25 heavy (non-hydrogen) atoms. The fourth-order valence-electron chi connectivity index (χ4n) is 2.63. The van der Waals surface area contributed by atoms with E-state index >= 15 is 0 Å². The fraction of sp³-hybridized carbons (Fsp3) is 0.421. The minimum atomic E-state index is -0.0385. The highest BCUT2D eigenvalue weighted by Crippen LogP contribution is 2.40. The van der Waals surface area contributed by atoms with Crippen LogP contribution < -0.4 is 5.32 Å². The van der Waals surface area contributed by atoms with Gasteiger partial charge in [0.25, 0.3) is 0 Å². The van der Waals surface area contributed by atoms with E-state index in [0.29, 0.717) is 24.1 Å². The molecule has 1 N–H and O–H groups in total. The van der Waals surface area contributed by atoms with Crippen LogP contribution in [0.25, 0.3) is 0 Å². The van der Waals surface area contributed by atoms with Gasteiger partial charge in [0.05, 0.1) is 5.75 Å². The Labute approximate surface area is 152 Å². The SMILES string of the molecule is C=CCn1c(SCC(=O)Nc2ccc(C(C)C)cc2)nnc1C1CC1. The maximum atomic E-state index is 12.2. The highest BCUT2D eigenvalue weighted by atomic mass is 32.2. The molecule has 5 nitrogen and oxygen atoms in total. The lowest BCUT2D eigenvalue weighted by molar-refractivity contribution is -0.113. The van der Waals surface area contributed by atoms with E-state index in [0.717, 1.165) is 16.7 Å². The molecule has 6 heteroatoms. The molecule has 0 spiro atoms. The molecule has 1 aliphatic carbocycles. The van der Waals surface area contributed by atoms with E-state index in [1.807, 2.05) is 18.2 Å². The van der Waals surface area contributed by atoms with Crippen molar-refractivity contribution < 1.29 is 4.79 Å². The number of hydrogen-bond donors (Lipinski definition) is 1. The normalized spacial score (nSPS) is 13.9. The minimum absolute atomic E-state index is 0.0385. The third-order valence-electron chi connectivity index (χ3n) is 4.19. The molecule has 0 unspecified atom stereocenters. The van der Waals surface area contributed by atoms with E-state index in [1.54, 1.807) is 0 Å². The molecule has 132 valence electrons. The van der Waals surface area contributed by atoms with Crippen LogP contribution in [0.15, 0.2) is 42.1 Å². The summed E-state index contributed by atoms with van der Waals surface area (Å²) in [5.74, 6) is 2.30. The number of nitrogens with zero attached hydrogens (tertiary/aromatic N) is 3. The second-order valence-electron chi connectivity index (χ2n) is 6.63. The van der Waals surface area contributed by atoms with Crippen molar-refractivity contribution in [2.45, 2.75) is 50.2 Å². The van der Waals surface area contributed by atoms with Crippen LogP contribution >= 0.6 is 11.8 Å². The summed E-state index contributed by atoms with van der Waals surface area (Å²) in [6.07, 6.45) is 4.19. The van der Waals surface area contributed by atoms with Gasteiger partial charge in [0.2, 0.25) is 5.91 Å². The largest absolute Gasteiger partial charge is 0.325 e. The number of amides is 1. The van der Waals surface area contributed by atoms with Gasteiger partial charge < -0.3 is 9.88 Å². The summed E-state index contributed by atoms with van der Waals surface area (Å²) in [6, 6.07) is 8.00. The van der Waals surface area contributed by atoms with Gasteiger partial charge in [0, 0.05) is 18.2 Å². The van der Waals surface area contributed by atoms with Crippen LogP contribution in [0.4, 0.5) is 5.69 Å². The molecular weight excluding hydrogens is 332 g/mol. The lowest BCUT2D eigenvalue weighted by Crippen LogP contribution is -2.14. The third-order valence-corrected chi connectivity index (χ3v) is 5.16. The van der Waals surface area contributed by atoms with Gasteiger partial charge in [-0.3, -0.25) is 4.79 Å². The van der Waals surface area contributed by atoms with Crippen molar-refractivity contribution in [1.29, 1.82) is 0 Å². The highest BCUT2D eigenvalue weighted by Gasteiger charge is 2.30. The summed E-state index contributed by atoms with van der Waals surface area (Å²) in [7, 11) is 0. The van der Waals surface area contributed by atoms with Crippen molar-refractivity contribution in [3.63, 3.8) is 0 Å². The van der Waals surface area contributed by atoms with Gasteiger partial charge in [0.15, 0.2) is 5.16 Å². The first-order valence-electron chi connectivity index (χ1n) is 8.65. The molecule has 2 aromatic rings. The predicted molar refractivity (Wildman–Crippen MR) is 102 cm³/mol. The second-order valence-corrected chi connectivity index (χ2v) is 7.57. The van der Waals surface area contributed by atoms with Crippen molar-refractivity contribution in [3.8, 4) is 0 Å². The summed E-state index contributed by atoms with van der Waals surface area (Å²) in [5.41, 5.74) is 2.08. The van der Waals surface area contributed by atoms with E-state index in [2.05, 4.69) is 52.6 Å². The maximum Gasteiger partial charge on any atom is 0.234 e. The molecule has 1 heterocycles. The molecule has 1 amide bonds. The summed E-state index contributed by atoms with van der Waals surface area (Å²) >= 11 is 1.42. The van der Waals surface area contributed by atoms with E-state index in [-0.39, 0.29) is 5.91 Å². The van der Waals surface area contributed by atoms with Crippen LogP contribution in [0.1, 0.15) is 49.9 Å². The second kappa shape index (κ2) is 7.87. The monoisotopic (exact) mass is 356 g/mol. The lowest BCUT2D eigenvalue weighted by Gasteiger charge is -2.09. The Kier molecular flexibility index (Phi) is 5.58. The van der Waals surface area contributed by atoms with Crippen molar-refractivity contribution >= 4 is 23.4 Å². The molecule has 0 radical (unpaired) electrons. The van der Waals surface area contributed by atoms with Gasteiger partial charge in [-0.2, -0.15) is 0 Å². The minimum Gasteiger partial charge on any atom is -0.325 e. The van der Waals surface area contributed by atoms with E-state index in [4.69, 9.17) is 0 Å². The number of anilines is 1. The number of nitrogens with one attached hydrogen (secondary N) is 1. The molecule has 0 bridgehead atoms. The van der Waals surface area contributed by atoms with Crippen molar-refractivity contribution in [2.75, 3.05) is 11.1 Å². The summed E-state index contributed by atoms with van der Waals surface area (Å²) in [5, 5.41) is 12.3. The van der Waals surface area contributed by atoms with E-state index in [1.165, 1.54) is 30.2 Å². The molecular formula is C19H24N4OS. The molecule has 0 saturated heterocycles. The van der Waals surface area contributed by atoms with Gasteiger partial charge >= 0.3 is 0 Å². The molecule has 1 aromatic heterocycles. The van der Waals surface area contributed by atoms with Gasteiger partial charge in [0.1, 0.15) is 5.82 Å². The molecule has 3 rings (SSSR count). The van der Waals surface area contributed by atoms with Crippen LogP contribution in [0.5, 0.6) is 0 Å². The summed E-state index contributed by atoms with van der Waals surface area (Å²) in [4.78, 5) is 12.2. The lowest BCUT2D eigenvalue weighted by atomic mass is 10.0. The topological polar surface area (TPSA) is 59.8 Å². The third kappa shape index (κ3) is 4.51. The Hall–Kier alpha value is -2.08. The summed E-state index contributed by atoms with van der Waals surface area (Å²) < 4.78 is 2.07. The number of rotatable bonds is 8. The standard InChI is InChI=1S/C19H24N4OS/c1-4-11-23-18(15-5-6-15)21-22-19(23)25-12-17(24)20-16-9-7-14(8-10-16)13(2)3/h4,7-10,13,15H,1,5-6,11-12H2,2-3H3,(H,20,24). The smallest absolute Gasteiger partial charge is 0.234 e. The Balaban J connectivity index is 1.58. The van der Waals surface area contributed by atoms with Gasteiger partial charge in [-0.25, -0.2) is 0 Å². The van der Waals surface area contributed by atoms with Crippen molar-refractivity contribution in [2.24, 2.45) is 0 Å². The molecule has 1 aromatic carbocycles. The van der Waals surface area contributed by atoms with Crippen LogP contribution in [-0.4, -0.2) is 26.4 Å². The van der Waals surface area contributed by atoms with Crippen LogP contribution in [0.3, 0.4) is 0 Å². The average molecular weight is 356 g/mol. The number of carbonyl (C=O) groups excluding carboxylic acids is 1. The zero-order valence-corrected chi connectivity index (χ0v) is 15.6. The quantitative estimate of drug-likeness (QED) is 0.569. The van der Waals surface area contributed by atoms with E-state index < -0.39 is 0 Å². The Morgan fingerprint density at radius 3 is 2.68 bits per heavy atom. The number of hydrogen-bond acceptors (Lipinski definition) is 4. The Morgan fingerprint density at radius 2 is 2.08 bits per heavy atom. The van der Waals surface area contributed by atoms with Crippen LogP contribution in [0.2, 0.25) is 0 Å². The Bertz CT molecular complexity index is 747. The van der Waals surface area contributed by atoms with Crippen LogP contribution in [-0.2, 0) is 11.3 Å². The van der Waals surface area contributed by atoms with Gasteiger partial charge in [-0.1, -0.05) is 43.8 Å². The molecule has 0 atom stereocenters. The number of allylic oxidation sites excluding steroid dienone is 1. The fourth-order valence-corrected chi connectivity index (χ4v) is 3.38. The van der Waals surface area contributed by atoms with Gasteiger partial charge in [-0.15, -0.1) is 16.8 Å². The number of carbonyl (C=O) groups is 1. The molecule has 1 aliphatic rings. The molecule has 0 aliphatic heterocycles. The highest BCUT2D eigenvalue weighted by molar-refractivity contribution is 7.99. The van der Waals surface area contributed by atoms with Crippen molar-refractivity contribution in [3.05, 3.63) is 48.3 Å². The zero-order chi connectivity index (χ0) is 17.8. The average Bonchev–Trinajstić information content (AvgIpc) is 3.36. The van der Waals surface area contributed by atoms with Crippen molar-refractivity contribution in [1.82, 2.24) is 14.8 Å². The molecule has 1 fully saturated rings. The molecule has 1 saturated carbocycles. The first kappa shape index (κ1) is 17.7. The maximum absolute atomic E-state index is 12.2. The number of thioether (sulfide) groups is 1. The predicted octanol–water partition coefficient (Wildman–Crippen LogP) is 4.20. The van der Waals surface area contributed by atoms with E-state index in [9.17, 15) is 4.79 Å². The summed E-state index contributed by atoms with van der Waals surface area (Å²) in [6.45, 7) is 8.79. The Morgan fingerprint density at radius 1 is 1.36 bits per heavy atom. The first-order chi connectivity index (χ1) is 12.1. The first-order valence-corrected chi connectivity index (χ1v) is 9.63.